The second-order valence-corrected chi connectivity index (χ2v) is 4.63. The van der Waals surface area contributed by atoms with E-state index in [1.807, 2.05) is 0 Å². The molecule has 0 unspecified atom stereocenters. The smallest absolute Gasteiger partial charge is 0.383 e. The lowest BCUT2D eigenvalue weighted by atomic mass is 10.6. The molecule has 1 heterocycles. The Balaban J connectivity index is 2.21. The van der Waals surface area contributed by atoms with E-state index in [0.29, 0.717) is 31.4 Å². The van der Waals surface area contributed by atoms with Crippen molar-refractivity contribution in [1.29, 1.82) is 0 Å². The number of hydrogen-bond acceptors (Lipinski definition) is 7. The molecule has 0 fully saturated rings. The zero-order valence-corrected chi connectivity index (χ0v) is 11.7. The highest BCUT2D eigenvalue weighted by Crippen LogP contribution is 2.18. The molecule has 0 saturated heterocycles. The number of alkyl halides is 3. The van der Waals surface area contributed by atoms with Gasteiger partial charge in [-0.2, -0.15) is 0 Å². The van der Waals surface area contributed by atoms with Gasteiger partial charge in [0.1, 0.15) is 0 Å². The van der Waals surface area contributed by atoms with Gasteiger partial charge < -0.3 is 10.1 Å². The largest absolute Gasteiger partial charge is 0.522 e. The molecule has 20 heavy (non-hydrogen) atoms. The lowest BCUT2D eigenvalue weighted by molar-refractivity contribution is -0.322. The maximum Gasteiger partial charge on any atom is 0.522 e. The molecular formula is C9H16F3N5O2S. The summed E-state index contributed by atoms with van der Waals surface area (Å²) < 4.78 is 45.4. The van der Waals surface area contributed by atoms with Crippen molar-refractivity contribution in [3.63, 3.8) is 0 Å². The van der Waals surface area contributed by atoms with Crippen LogP contribution in [-0.2, 0) is 16.0 Å². The maximum atomic E-state index is 11.8. The Bertz CT molecular complexity index is 377. The van der Waals surface area contributed by atoms with Gasteiger partial charge in [-0.1, -0.05) is 11.8 Å². The SMILES string of the molecule is COCCNCCn1nnnc1SCCOC(F)(F)F. The Kier molecular flexibility index (Phi) is 7.80. The first-order chi connectivity index (χ1) is 9.53. The Morgan fingerprint density at radius 3 is 2.80 bits per heavy atom. The van der Waals surface area contributed by atoms with Gasteiger partial charge in [-0.3, -0.25) is 4.74 Å². The van der Waals surface area contributed by atoms with Crippen molar-refractivity contribution < 1.29 is 22.6 Å². The molecular weight excluding hydrogens is 299 g/mol. The number of aromatic nitrogens is 4. The number of hydrogen-bond donors (Lipinski definition) is 1. The molecule has 0 aliphatic carbocycles. The quantitative estimate of drug-likeness (QED) is 0.499. The zero-order valence-electron chi connectivity index (χ0n) is 10.9. The summed E-state index contributed by atoms with van der Waals surface area (Å²) in [5.41, 5.74) is 0. The molecule has 0 atom stereocenters. The monoisotopic (exact) mass is 315 g/mol. The average Bonchev–Trinajstić information content (AvgIpc) is 2.81. The van der Waals surface area contributed by atoms with Crippen molar-refractivity contribution in [2.24, 2.45) is 0 Å². The van der Waals surface area contributed by atoms with Crippen LogP contribution < -0.4 is 5.32 Å². The Morgan fingerprint density at radius 2 is 2.10 bits per heavy atom. The third-order valence-electron chi connectivity index (χ3n) is 2.06. The van der Waals surface area contributed by atoms with Crippen molar-refractivity contribution >= 4 is 11.8 Å². The zero-order chi connectivity index (χ0) is 14.8. The highest BCUT2D eigenvalue weighted by Gasteiger charge is 2.28. The molecule has 0 aliphatic heterocycles. The summed E-state index contributed by atoms with van der Waals surface area (Å²) in [7, 11) is 1.61. The minimum atomic E-state index is -4.60. The van der Waals surface area contributed by atoms with Gasteiger partial charge in [0.05, 0.1) is 19.8 Å². The summed E-state index contributed by atoms with van der Waals surface area (Å²) in [4.78, 5) is 0. The fourth-order valence-electron chi connectivity index (χ4n) is 1.21. The summed E-state index contributed by atoms with van der Waals surface area (Å²) >= 11 is 1.11. The normalized spacial score (nSPS) is 12.0. The molecule has 1 aromatic rings. The molecule has 11 heteroatoms. The summed E-state index contributed by atoms with van der Waals surface area (Å²) in [5.74, 6) is 0.122. The average molecular weight is 315 g/mol. The standard InChI is InChI=1S/C9H16F3N5O2S/c1-18-5-3-13-2-4-17-8(14-15-16-17)20-7-6-19-9(10,11)12/h13H,2-7H2,1H3. The Labute approximate surface area is 118 Å². The summed E-state index contributed by atoms with van der Waals surface area (Å²) in [6.45, 7) is 2.04. The van der Waals surface area contributed by atoms with Crippen molar-refractivity contribution in [2.45, 2.75) is 18.1 Å². The number of thioether (sulfide) groups is 1. The fourth-order valence-corrected chi connectivity index (χ4v) is 1.94. The van der Waals surface area contributed by atoms with Gasteiger partial charge in [-0.15, -0.1) is 18.3 Å². The van der Waals surface area contributed by atoms with E-state index in [2.05, 4.69) is 25.6 Å². The lowest BCUT2D eigenvalue weighted by Gasteiger charge is -2.07. The van der Waals surface area contributed by atoms with E-state index in [0.717, 1.165) is 11.8 Å². The van der Waals surface area contributed by atoms with Gasteiger partial charge >= 0.3 is 6.36 Å². The minimum Gasteiger partial charge on any atom is -0.383 e. The van der Waals surface area contributed by atoms with Crippen molar-refractivity contribution in [2.75, 3.05) is 39.2 Å². The molecule has 0 radical (unpaired) electrons. The second kappa shape index (κ2) is 9.10. The molecule has 0 aliphatic rings. The lowest BCUT2D eigenvalue weighted by Crippen LogP contribution is -2.24. The van der Waals surface area contributed by atoms with Gasteiger partial charge in [0.15, 0.2) is 0 Å². The van der Waals surface area contributed by atoms with Crippen LogP contribution in [0.4, 0.5) is 13.2 Å². The molecule has 0 aromatic carbocycles. The van der Waals surface area contributed by atoms with Crippen LogP contribution in [0.1, 0.15) is 0 Å². The van der Waals surface area contributed by atoms with Crippen molar-refractivity contribution in [1.82, 2.24) is 25.5 Å². The van der Waals surface area contributed by atoms with Crippen LogP contribution in [0, 0.1) is 0 Å². The number of ether oxygens (including phenoxy) is 2. The van der Waals surface area contributed by atoms with E-state index >= 15 is 0 Å². The van der Waals surface area contributed by atoms with E-state index in [9.17, 15) is 13.2 Å². The number of tetrazole rings is 1. The second-order valence-electron chi connectivity index (χ2n) is 3.57. The number of nitrogens with one attached hydrogen (secondary N) is 1. The van der Waals surface area contributed by atoms with Gasteiger partial charge in [0.25, 0.3) is 0 Å². The van der Waals surface area contributed by atoms with E-state index in [1.54, 1.807) is 7.11 Å². The number of nitrogens with zero attached hydrogens (tertiary/aromatic N) is 4. The highest BCUT2D eigenvalue weighted by molar-refractivity contribution is 7.99. The molecule has 1 N–H and O–H groups in total. The van der Waals surface area contributed by atoms with E-state index < -0.39 is 13.0 Å². The maximum absolute atomic E-state index is 11.8. The third kappa shape index (κ3) is 7.62. The van der Waals surface area contributed by atoms with Crippen molar-refractivity contribution in [3.05, 3.63) is 0 Å². The molecule has 0 amide bonds. The summed E-state index contributed by atoms with van der Waals surface area (Å²) in [6.07, 6.45) is -4.60. The summed E-state index contributed by atoms with van der Waals surface area (Å²) in [5, 5.41) is 14.6. The highest BCUT2D eigenvalue weighted by atomic mass is 32.2. The molecule has 116 valence electrons. The van der Waals surface area contributed by atoms with Gasteiger partial charge in [-0.05, 0) is 10.4 Å². The Hall–Kier alpha value is -0.910. The number of rotatable bonds is 10. The number of halogens is 3. The van der Waals surface area contributed by atoms with Crippen LogP contribution in [0.15, 0.2) is 5.16 Å². The Morgan fingerprint density at radius 1 is 1.30 bits per heavy atom. The first-order valence-electron chi connectivity index (χ1n) is 5.82. The van der Waals surface area contributed by atoms with E-state index in [-0.39, 0.29) is 5.75 Å². The fraction of sp³-hybridized carbons (Fsp3) is 0.889. The predicted molar refractivity (Wildman–Crippen MR) is 65.3 cm³/mol. The summed E-state index contributed by atoms with van der Waals surface area (Å²) in [6, 6.07) is 0. The third-order valence-corrected chi connectivity index (χ3v) is 2.98. The molecule has 1 rings (SSSR count). The van der Waals surface area contributed by atoms with Gasteiger partial charge in [-0.25, -0.2) is 4.68 Å². The van der Waals surface area contributed by atoms with Crippen LogP contribution in [0.5, 0.6) is 0 Å². The molecule has 1 aromatic heterocycles. The molecule has 0 bridgehead atoms. The van der Waals surface area contributed by atoms with Crippen LogP contribution in [-0.4, -0.2) is 65.7 Å². The van der Waals surface area contributed by atoms with Gasteiger partial charge in [0, 0.05) is 26.0 Å². The van der Waals surface area contributed by atoms with E-state index in [1.165, 1.54) is 4.68 Å². The molecule has 0 saturated carbocycles. The first kappa shape index (κ1) is 17.1. The molecule has 7 nitrogen and oxygen atoms in total. The minimum absolute atomic E-state index is 0.122. The first-order valence-corrected chi connectivity index (χ1v) is 6.81. The topological polar surface area (TPSA) is 74.1 Å². The van der Waals surface area contributed by atoms with Crippen LogP contribution >= 0.6 is 11.8 Å². The van der Waals surface area contributed by atoms with Crippen molar-refractivity contribution in [3.8, 4) is 0 Å². The number of methoxy groups -OCH3 is 1. The van der Waals surface area contributed by atoms with Crippen LogP contribution in [0.25, 0.3) is 0 Å². The van der Waals surface area contributed by atoms with Gasteiger partial charge in [0.2, 0.25) is 5.16 Å². The van der Waals surface area contributed by atoms with Crippen LogP contribution in [0.3, 0.4) is 0 Å². The van der Waals surface area contributed by atoms with Crippen LogP contribution in [0.2, 0.25) is 0 Å². The predicted octanol–water partition coefficient (Wildman–Crippen LogP) is 0.538. The molecule has 0 spiro atoms. The van der Waals surface area contributed by atoms with E-state index in [4.69, 9.17) is 4.74 Å².